The number of hydrogen-bond donors (Lipinski definition) is 2. The highest BCUT2D eigenvalue weighted by atomic mass is 32.2. The fourth-order valence-electron chi connectivity index (χ4n) is 1.95. The molecule has 1 aromatic rings. The molecule has 1 fully saturated rings. The van der Waals surface area contributed by atoms with Crippen molar-refractivity contribution in [3.8, 4) is 0 Å². The van der Waals surface area contributed by atoms with Gasteiger partial charge in [0.05, 0.1) is 6.54 Å². The molecule has 0 saturated carbocycles. The van der Waals surface area contributed by atoms with Gasteiger partial charge in [0.2, 0.25) is 15.9 Å². The molecule has 2 rings (SSSR count). The van der Waals surface area contributed by atoms with Crippen molar-refractivity contribution in [2.75, 3.05) is 32.7 Å². The lowest BCUT2D eigenvalue weighted by atomic mass is 10.3. The van der Waals surface area contributed by atoms with Crippen LogP contribution in [0.5, 0.6) is 0 Å². The van der Waals surface area contributed by atoms with Crippen LogP contribution >= 0.6 is 0 Å². The van der Waals surface area contributed by atoms with E-state index in [9.17, 15) is 22.0 Å². The third-order valence-corrected chi connectivity index (χ3v) is 4.50. The van der Waals surface area contributed by atoms with E-state index in [1.165, 1.54) is 4.90 Å². The molecule has 0 spiro atoms. The van der Waals surface area contributed by atoms with E-state index in [4.69, 9.17) is 0 Å². The Morgan fingerprint density at radius 1 is 1.29 bits per heavy atom. The number of nitrogens with one attached hydrogen (secondary N) is 2. The van der Waals surface area contributed by atoms with Crippen molar-refractivity contribution in [1.29, 1.82) is 0 Å². The molecular formula is C12H15F2N3O3S. The number of hydrogen-bond acceptors (Lipinski definition) is 4. The summed E-state index contributed by atoms with van der Waals surface area (Å²) in [5.41, 5.74) is 0. The average molecular weight is 319 g/mol. The molecule has 6 nitrogen and oxygen atoms in total. The van der Waals surface area contributed by atoms with Crippen LogP contribution in [0.2, 0.25) is 0 Å². The topological polar surface area (TPSA) is 78.5 Å². The summed E-state index contributed by atoms with van der Waals surface area (Å²) >= 11 is 0. The maximum Gasteiger partial charge on any atom is 0.243 e. The maximum absolute atomic E-state index is 13.5. The van der Waals surface area contributed by atoms with Crippen molar-refractivity contribution < 1.29 is 22.0 Å². The van der Waals surface area contributed by atoms with Gasteiger partial charge in [0.1, 0.15) is 16.5 Å². The van der Waals surface area contributed by atoms with Gasteiger partial charge >= 0.3 is 0 Å². The second-order valence-electron chi connectivity index (χ2n) is 4.53. The summed E-state index contributed by atoms with van der Waals surface area (Å²) in [6.07, 6.45) is 0. The Balaban J connectivity index is 2.02. The van der Waals surface area contributed by atoms with E-state index in [1.54, 1.807) is 0 Å². The summed E-state index contributed by atoms with van der Waals surface area (Å²) in [5, 5.41) is 3.06. The molecule has 0 aromatic heterocycles. The second kappa shape index (κ2) is 6.46. The van der Waals surface area contributed by atoms with Gasteiger partial charge in [-0.2, -0.15) is 0 Å². The molecule has 0 atom stereocenters. The van der Waals surface area contributed by atoms with Gasteiger partial charge in [0.15, 0.2) is 0 Å². The van der Waals surface area contributed by atoms with Crippen molar-refractivity contribution in [3.05, 3.63) is 29.8 Å². The Labute approximate surface area is 121 Å². The summed E-state index contributed by atoms with van der Waals surface area (Å²) < 4.78 is 52.1. The SMILES string of the molecule is O=C(CNS(=O)(=O)c1ccc(F)cc1F)N1CCNCC1. The fourth-order valence-corrected chi connectivity index (χ4v) is 2.99. The fraction of sp³-hybridized carbons (Fsp3) is 0.417. The Kier molecular flexibility index (Phi) is 4.86. The van der Waals surface area contributed by atoms with E-state index in [-0.39, 0.29) is 5.91 Å². The predicted molar refractivity (Wildman–Crippen MR) is 71.0 cm³/mol. The Bertz CT molecular complexity index is 631. The normalized spacial score (nSPS) is 16.0. The Morgan fingerprint density at radius 3 is 2.57 bits per heavy atom. The summed E-state index contributed by atoms with van der Waals surface area (Å²) in [6, 6.07) is 2.14. The zero-order valence-electron chi connectivity index (χ0n) is 11.1. The first-order chi connectivity index (χ1) is 9.90. The molecule has 0 aliphatic carbocycles. The predicted octanol–water partition coefficient (Wildman–Crippen LogP) is -0.325. The first kappa shape index (κ1) is 15.8. The number of amides is 1. The first-order valence-electron chi connectivity index (χ1n) is 6.33. The number of nitrogens with zero attached hydrogens (tertiary/aromatic N) is 1. The second-order valence-corrected chi connectivity index (χ2v) is 6.27. The average Bonchev–Trinajstić information content (AvgIpc) is 2.45. The number of halogens is 2. The molecule has 1 aliphatic heterocycles. The van der Waals surface area contributed by atoms with Crippen LogP contribution in [-0.4, -0.2) is 51.9 Å². The van der Waals surface area contributed by atoms with E-state index < -0.39 is 33.1 Å². The highest BCUT2D eigenvalue weighted by molar-refractivity contribution is 7.89. The molecule has 21 heavy (non-hydrogen) atoms. The smallest absolute Gasteiger partial charge is 0.243 e. The molecule has 1 amide bonds. The minimum Gasteiger partial charge on any atom is -0.339 e. The number of carbonyl (C=O) groups excluding carboxylic acids is 1. The first-order valence-corrected chi connectivity index (χ1v) is 7.82. The van der Waals surface area contributed by atoms with Crippen LogP contribution in [0.15, 0.2) is 23.1 Å². The van der Waals surface area contributed by atoms with E-state index in [1.807, 2.05) is 4.72 Å². The van der Waals surface area contributed by atoms with Gasteiger partial charge in [-0.05, 0) is 12.1 Å². The number of benzene rings is 1. The van der Waals surface area contributed by atoms with Gasteiger partial charge in [-0.15, -0.1) is 0 Å². The van der Waals surface area contributed by atoms with Crippen LogP contribution in [0.4, 0.5) is 8.78 Å². The number of carbonyl (C=O) groups is 1. The van der Waals surface area contributed by atoms with Crippen molar-refractivity contribution >= 4 is 15.9 Å². The van der Waals surface area contributed by atoms with Gasteiger partial charge in [0.25, 0.3) is 0 Å². The van der Waals surface area contributed by atoms with E-state index in [2.05, 4.69) is 5.32 Å². The standard InChI is InChI=1S/C12H15F2N3O3S/c13-9-1-2-11(10(14)7-9)21(19,20)16-8-12(18)17-5-3-15-4-6-17/h1-2,7,15-16H,3-6,8H2. The zero-order chi connectivity index (χ0) is 15.5. The molecule has 2 N–H and O–H groups in total. The third kappa shape index (κ3) is 3.96. The third-order valence-electron chi connectivity index (χ3n) is 3.07. The lowest BCUT2D eigenvalue weighted by molar-refractivity contribution is -0.130. The minimum absolute atomic E-state index is 0.386. The summed E-state index contributed by atoms with van der Waals surface area (Å²) in [6.45, 7) is 1.81. The molecule has 1 aromatic carbocycles. The molecule has 1 aliphatic rings. The quantitative estimate of drug-likeness (QED) is 0.797. The van der Waals surface area contributed by atoms with Gasteiger partial charge in [0, 0.05) is 32.2 Å². The van der Waals surface area contributed by atoms with Crippen molar-refractivity contribution in [2.45, 2.75) is 4.90 Å². The summed E-state index contributed by atoms with van der Waals surface area (Å²) in [7, 11) is -4.20. The van der Waals surface area contributed by atoms with Crippen molar-refractivity contribution in [2.24, 2.45) is 0 Å². The van der Waals surface area contributed by atoms with Gasteiger partial charge in [-0.1, -0.05) is 0 Å². The van der Waals surface area contributed by atoms with E-state index in [0.29, 0.717) is 32.2 Å². The molecule has 9 heteroatoms. The number of rotatable bonds is 4. The van der Waals surface area contributed by atoms with Crippen LogP contribution < -0.4 is 10.0 Å². The highest BCUT2D eigenvalue weighted by Gasteiger charge is 2.22. The zero-order valence-corrected chi connectivity index (χ0v) is 11.9. The van der Waals surface area contributed by atoms with Crippen LogP contribution in [0.3, 0.4) is 0 Å². The van der Waals surface area contributed by atoms with Crippen LogP contribution in [0.1, 0.15) is 0 Å². The van der Waals surface area contributed by atoms with Gasteiger partial charge in [-0.3, -0.25) is 4.79 Å². The van der Waals surface area contributed by atoms with E-state index in [0.717, 1.165) is 12.1 Å². The Morgan fingerprint density at radius 2 is 1.95 bits per heavy atom. The van der Waals surface area contributed by atoms with Crippen LogP contribution in [-0.2, 0) is 14.8 Å². The summed E-state index contributed by atoms with van der Waals surface area (Å²) in [5.74, 6) is -2.46. The van der Waals surface area contributed by atoms with Gasteiger partial charge in [-0.25, -0.2) is 21.9 Å². The monoisotopic (exact) mass is 319 g/mol. The maximum atomic E-state index is 13.5. The lowest BCUT2D eigenvalue weighted by Gasteiger charge is -2.27. The van der Waals surface area contributed by atoms with Crippen LogP contribution in [0.25, 0.3) is 0 Å². The summed E-state index contributed by atoms with van der Waals surface area (Å²) in [4.78, 5) is 12.7. The van der Waals surface area contributed by atoms with Crippen molar-refractivity contribution in [1.82, 2.24) is 14.9 Å². The molecule has 1 heterocycles. The number of sulfonamides is 1. The largest absolute Gasteiger partial charge is 0.339 e. The van der Waals surface area contributed by atoms with E-state index >= 15 is 0 Å². The molecule has 0 unspecified atom stereocenters. The van der Waals surface area contributed by atoms with Gasteiger partial charge < -0.3 is 10.2 Å². The molecule has 0 bridgehead atoms. The number of piperazine rings is 1. The molecular weight excluding hydrogens is 304 g/mol. The molecule has 0 radical (unpaired) electrons. The van der Waals surface area contributed by atoms with Crippen molar-refractivity contribution in [3.63, 3.8) is 0 Å². The van der Waals surface area contributed by atoms with Crippen LogP contribution in [0, 0.1) is 11.6 Å². The minimum atomic E-state index is -4.20. The molecule has 1 saturated heterocycles. The lowest BCUT2D eigenvalue weighted by Crippen LogP contribution is -2.49. The molecule has 116 valence electrons. The Hall–Kier alpha value is -1.58. The highest BCUT2D eigenvalue weighted by Crippen LogP contribution is 2.15.